The van der Waals surface area contributed by atoms with Gasteiger partial charge in [0.2, 0.25) is 0 Å². The second-order valence-corrected chi connectivity index (χ2v) is 7.41. The Morgan fingerprint density at radius 2 is 1.84 bits per heavy atom. The fourth-order valence-corrected chi connectivity index (χ4v) is 4.12. The Morgan fingerprint density at radius 3 is 2.47 bits per heavy atom. The topological polar surface area (TPSA) is 136 Å². The van der Waals surface area contributed by atoms with Gasteiger partial charge in [0.25, 0.3) is 0 Å². The van der Waals surface area contributed by atoms with E-state index in [1.54, 1.807) is 37.8 Å². The van der Waals surface area contributed by atoms with Gasteiger partial charge in [0, 0.05) is 26.6 Å². The average Bonchev–Trinajstić information content (AvgIpc) is 3.49. The molecule has 170 valence electrons. The summed E-state index contributed by atoms with van der Waals surface area (Å²) in [6.45, 7) is 4.06. The lowest BCUT2D eigenvalue weighted by Crippen LogP contribution is -2.05. The lowest BCUT2D eigenvalue weighted by atomic mass is 10.2. The van der Waals surface area contributed by atoms with Crippen LogP contribution in [-0.4, -0.2) is 44.4 Å². The number of aromatic nitrogens is 1. The highest BCUT2D eigenvalue weighted by Gasteiger charge is 2.14. The van der Waals surface area contributed by atoms with E-state index in [0.29, 0.717) is 23.6 Å². The third-order valence-electron chi connectivity index (χ3n) is 3.85. The van der Waals surface area contributed by atoms with Crippen LogP contribution in [-0.2, 0) is 14.3 Å². The maximum absolute atomic E-state index is 11.5. The summed E-state index contributed by atoms with van der Waals surface area (Å²) in [7, 11) is 3.13. The first-order valence-corrected chi connectivity index (χ1v) is 11.2. The second kappa shape index (κ2) is 12.4. The summed E-state index contributed by atoms with van der Waals surface area (Å²) in [4.78, 5) is 29.4. The minimum Gasteiger partial charge on any atom is -0.495 e. The van der Waals surface area contributed by atoms with Crippen LogP contribution in [0, 0.1) is 0 Å². The summed E-state index contributed by atoms with van der Waals surface area (Å²) in [5.74, 6) is 0.410. The van der Waals surface area contributed by atoms with Gasteiger partial charge in [-0.1, -0.05) is 5.11 Å². The van der Waals surface area contributed by atoms with Crippen LogP contribution in [0.4, 0.5) is 0 Å². The molecule has 3 aromatic heterocycles. The van der Waals surface area contributed by atoms with Crippen LogP contribution in [0.15, 0.2) is 33.0 Å². The number of esters is 2. The molecule has 0 saturated carbocycles. The number of hydrogen-bond acceptors (Lipinski definition) is 9. The van der Waals surface area contributed by atoms with Crippen LogP contribution in [0.2, 0.25) is 0 Å². The molecule has 1 N–H and O–H groups in total. The number of hydrogen-bond donors (Lipinski definition) is 1. The van der Waals surface area contributed by atoms with Crippen molar-refractivity contribution in [1.29, 1.82) is 0 Å². The number of fused-ring (bicyclic) bond motifs is 1. The average molecular weight is 479 g/mol. The molecule has 3 heterocycles. The third-order valence-corrected chi connectivity index (χ3v) is 5.48. The monoisotopic (exact) mass is 478 g/mol. The van der Waals surface area contributed by atoms with Crippen LogP contribution in [0.25, 0.3) is 26.7 Å². The van der Waals surface area contributed by atoms with Gasteiger partial charge in [-0.25, -0.2) is 9.59 Å². The van der Waals surface area contributed by atoms with Crippen LogP contribution in [0.5, 0.6) is 11.5 Å². The molecule has 0 unspecified atom stereocenters. The van der Waals surface area contributed by atoms with Gasteiger partial charge in [0.15, 0.2) is 0 Å². The van der Waals surface area contributed by atoms with Gasteiger partial charge < -0.3 is 23.9 Å². The molecule has 10 nitrogen and oxygen atoms in total. The molecule has 0 bridgehead atoms. The van der Waals surface area contributed by atoms with Gasteiger partial charge in [0.1, 0.15) is 27.7 Å². The highest BCUT2D eigenvalue weighted by Crippen LogP contribution is 2.32. The van der Waals surface area contributed by atoms with Gasteiger partial charge in [-0.15, -0.1) is 22.7 Å². The maximum atomic E-state index is 11.5. The summed E-state index contributed by atoms with van der Waals surface area (Å²) < 4.78 is 19.9. The van der Waals surface area contributed by atoms with Gasteiger partial charge in [-0.3, -0.25) is 0 Å². The van der Waals surface area contributed by atoms with E-state index in [-0.39, 0.29) is 18.3 Å². The van der Waals surface area contributed by atoms with Crippen molar-refractivity contribution in [3.8, 4) is 11.5 Å². The SMILES string of the molecule is CCOC(=O)/C(=C/c1cscc1OC)N=[N+]=[N-].CCOC(=O)c1cc2c(OC)csc2[nH]1. The standard InChI is InChI=1S/C10H11N3O3S.C10H11NO3S/c1-3-16-10(14)8(12-13-11)4-7-5-17-6-9(7)15-2;1-3-14-10(12)7-4-6-8(13-2)5-15-9(6)11-7/h4-6H,3H2,1-2H3;4-5,11H,3H2,1-2H3/b8-4-;. The van der Waals surface area contributed by atoms with Gasteiger partial charge in [-0.05, 0) is 31.5 Å². The number of azide groups is 1. The molecule has 0 spiro atoms. The number of nitrogens with one attached hydrogen (secondary N) is 1. The molecule has 0 aromatic carbocycles. The van der Waals surface area contributed by atoms with Crippen LogP contribution in [0.1, 0.15) is 29.9 Å². The highest BCUT2D eigenvalue weighted by atomic mass is 32.1. The third kappa shape index (κ3) is 6.27. The fraction of sp³-hybridized carbons (Fsp3) is 0.300. The molecular formula is C20H22N4O6S2. The maximum Gasteiger partial charge on any atom is 0.354 e. The molecule has 0 atom stereocenters. The Balaban J connectivity index is 0.000000228. The van der Waals surface area contributed by atoms with Crippen LogP contribution in [0.3, 0.4) is 0 Å². The van der Waals surface area contributed by atoms with Crippen molar-refractivity contribution in [3.05, 3.63) is 49.6 Å². The molecule has 12 heteroatoms. The number of ether oxygens (including phenoxy) is 4. The number of nitrogens with zero attached hydrogens (tertiary/aromatic N) is 3. The van der Waals surface area contributed by atoms with Gasteiger partial charge in [0.05, 0.1) is 32.8 Å². The van der Waals surface area contributed by atoms with E-state index in [0.717, 1.165) is 16.0 Å². The summed E-state index contributed by atoms with van der Waals surface area (Å²) >= 11 is 2.93. The van der Waals surface area contributed by atoms with E-state index in [1.807, 2.05) is 5.38 Å². The molecule has 3 rings (SSSR count). The van der Waals surface area contributed by atoms with E-state index < -0.39 is 5.97 Å². The summed E-state index contributed by atoms with van der Waals surface area (Å²) in [5.41, 5.74) is 9.44. The molecule has 3 aromatic rings. The Morgan fingerprint density at radius 1 is 1.12 bits per heavy atom. The first-order valence-electron chi connectivity index (χ1n) is 9.34. The molecule has 32 heavy (non-hydrogen) atoms. The smallest absolute Gasteiger partial charge is 0.354 e. The number of H-pyrrole nitrogens is 1. The molecular weight excluding hydrogens is 456 g/mol. The molecule has 0 aliphatic carbocycles. The second-order valence-electron chi connectivity index (χ2n) is 5.79. The Hall–Kier alpha value is -3.47. The molecule has 0 aliphatic rings. The minimum atomic E-state index is -0.654. The molecule has 0 fully saturated rings. The molecule has 0 amide bonds. The van der Waals surface area contributed by atoms with Crippen molar-refractivity contribution in [3.63, 3.8) is 0 Å². The largest absolute Gasteiger partial charge is 0.495 e. The molecule has 0 saturated heterocycles. The number of rotatable bonds is 8. The number of carbonyl (C=O) groups is 2. The first kappa shape index (κ1) is 24.8. The lowest BCUT2D eigenvalue weighted by Gasteiger charge is -2.01. The number of methoxy groups -OCH3 is 2. The Kier molecular flexibility index (Phi) is 9.61. The van der Waals surface area contributed by atoms with Gasteiger partial charge >= 0.3 is 11.9 Å². The van der Waals surface area contributed by atoms with Crippen molar-refractivity contribution in [2.24, 2.45) is 5.11 Å². The van der Waals surface area contributed by atoms with E-state index in [2.05, 4.69) is 15.0 Å². The quantitative estimate of drug-likeness (QED) is 0.152. The predicted octanol–water partition coefficient (Wildman–Crippen LogP) is 5.39. The van der Waals surface area contributed by atoms with E-state index in [1.165, 1.54) is 35.9 Å². The minimum absolute atomic E-state index is 0.0916. The summed E-state index contributed by atoms with van der Waals surface area (Å²) in [6, 6.07) is 1.75. The van der Waals surface area contributed by atoms with Crippen molar-refractivity contribution >= 4 is 50.9 Å². The van der Waals surface area contributed by atoms with E-state index >= 15 is 0 Å². The predicted molar refractivity (Wildman–Crippen MR) is 123 cm³/mol. The Labute approximate surface area is 192 Å². The summed E-state index contributed by atoms with van der Waals surface area (Å²) in [5, 5.41) is 9.70. The van der Waals surface area contributed by atoms with Crippen LogP contribution < -0.4 is 9.47 Å². The van der Waals surface area contributed by atoms with Crippen LogP contribution >= 0.6 is 22.7 Å². The van der Waals surface area contributed by atoms with E-state index in [9.17, 15) is 9.59 Å². The first-order chi connectivity index (χ1) is 15.5. The Bertz CT molecular complexity index is 1140. The lowest BCUT2D eigenvalue weighted by molar-refractivity contribution is -0.138. The van der Waals surface area contributed by atoms with Crippen molar-refractivity contribution in [2.75, 3.05) is 27.4 Å². The van der Waals surface area contributed by atoms with Gasteiger partial charge in [-0.2, -0.15) is 0 Å². The summed E-state index contributed by atoms with van der Waals surface area (Å²) in [6.07, 6.45) is 1.44. The van der Waals surface area contributed by atoms with Crippen molar-refractivity contribution in [2.45, 2.75) is 13.8 Å². The molecule has 0 aliphatic heterocycles. The van der Waals surface area contributed by atoms with E-state index in [4.69, 9.17) is 24.5 Å². The zero-order valence-corrected chi connectivity index (χ0v) is 19.5. The number of thiophene rings is 2. The zero-order valence-electron chi connectivity index (χ0n) is 17.9. The fourth-order valence-electron chi connectivity index (χ4n) is 2.46. The molecule has 0 radical (unpaired) electrons. The normalized spacial score (nSPS) is 10.6. The van der Waals surface area contributed by atoms with Crippen molar-refractivity contribution < 1.29 is 28.5 Å². The highest BCUT2D eigenvalue weighted by molar-refractivity contribution is 7.17. The number of carbonyl (C=O) groups excluding carboxylic acids is 2. The van der Waals surface area contributed by atoms with Crippen molar-refractivity contribution in [1.82, 2.24) is 4.98 Å². The zero-order chi connectivity index (χ0) is 23.5. The number of aromatic amines is 1.